The van der Waals surface area contributed by atoms with E-state index in [1.54, 1.807) is 7.11 Å². The number of aromatic amines is 1. The predicted octanol–water partition coefficient (Wildman–Crippen LogP) is 4.69. The van der Waals surface area contributed by atoms with Crippen molar-refractivity contribution in [2.45, 2.75) is 25.2 Å². The van der Waals surface area contributed by atoms with Crippen LogP contribution >= 0.6 is 11.6 Å². The molecule has 27 heavy (non-hydrogen) atoms. The molecule has 0 aliphatic heterocycles. The Balaban J connectivity index is 1.79. The summed E-state index contributed by atoms with van der Waals surface area (Å²) < 4.78 is 5.01. The number of hydrogen-bond donors (Lipinski definition) is 2. The number of carbonyl (C=O) groups excluding carboxylic acids is 1. The van der Waals surface area contributed by atoms with Gasteiger partial charge in [-0.25, -0.2) is 0 Å². The van der Waals surface area contributed by atoms with E-state index in [1.807, 2.05) is 42.6 Å². The number of ether oxygens (including phenoxy) is 1. The summed E-state index contributed by atoms with van der Waals surface area (Å²) in [6, 6.07) is 16.2. The Hall–Kier alpha value is -2.30. The first-order valence-corrected chi connectivity index (χ1v) is 9.61. The largest absolute Gasteiger partial charge is 0.383 e. The van der Waals surface area contributed by atoms with Crippen molar-refractivity contribution in [2.24, 2.45) is 0 Å². The molecule has 1 heterocycles. The molecule has 0 saturated heterocycles. The van der Waals surface area contributed by atoms with E-state index in [-0.39, 0.29) is 11.8 Å². The molecule has 0 aliphatic carbocycles. The Labute approximate surface area is 164 Å². The van der Waals surface area contributed by atoms with Crippen LogP contribution in [0.4, 0.5) is 0 Å². The summed E-state index contributed by atoms with van der Waals surface area (Å²) in [5.41, 5.74) is 3.46. The highest BCUT2D eigenvalue weighted by molar-refractivity contribution is 6.31. The van der Waals surface area contributed by atoms with Crippen molar-refractivity contribution in [1.82, 2.24) is 10.3 Å². The van der Waals surface area contributed by atoms with Crippen LogP contribution in [0.1, 0.15) is 29.9 Å². The van der Waals surface area contributed by atoms with Gasteiger partial charge >= 0.3 is 0 Å². The normalized spacial score (nSPS) is 12.2. The summed E-state index contributed by atoms with van der Waals surface area (Å²) in [7, 11) is 1.63. The monoisotopic (exact) mass is 384 g/mol. The average Bonchev–Trinajstić information content (AvgIpc) is 3.09. The quantitative estimate of drug-likeness (QED) is 0.526. The number of aryl methyl sites for hydroxylation is 1. The average molecular weight is 385 g/mol. The Morgan fingerprint density at radius 2 is 2.04 bits per heavy atom. The first-order chi connectivity index (χ1) is 13.2. The summed E-state index contributed by atoms with van der Waals surface area (Å²) in [4.78, 5) is 15.7. The Morgan fingerprint density at radius 3 is 2.81 bits per heavy atom. The van der Waals surface area contributed by atoms with E-state index in [4.69, 9.17) is 16.3 Å². The highest BCUT2D eigenvalue weighted by Gasteiger charge is 2.19. The van der Waals surface area contributed by atoms with Gasteiger partial charge in [0.15, 0.2) is 0 Å². The molecule has 0 fully saturated rings. The third kappa shape index (κ3) is 5.34. The molecule has 3 rings (SSSR count). The van der Waals surface area contributed by atoms with Gasteiger partial charge in [-0.3, -0.25) is 4.79 Å². The van der Waals surface area contributed by atoms with Gasteiger partial charge < -0.3 is 15.0 Å². The van der Waals surface area contributed by atoms with Gasteiger partial charge in [-0.1, -0.05) is 41.9 Å². The lowest BCUT2D eigenvalue weighted by Gasteiger charge is -2.17. The molecule has 2 aromatic carbocycles. The summed E-state index contributed by atoms with van der Waals surface area (Å²) in [5, 5.41) is 4.73. The minimum Gasteiger partial charge on any atom is -0.383 e. The summed E-state index contributed by atoms with van der Waals surface area (Å²) in [5.74, 6) is 0.154. The molecule has 142 valence electrons. The fourth-order valence-electron chi connectivity index (χ4n) is 3.39. The maximum absolute atomic E-state index is 12.4. The molecule has 1 amide bonds. The molecule has 1 atom stereocenters. The third-order valence-corrected chi connectivity index (χ3v) is 5.04. The Morgan fingerprint density at radius 1 is 1.22 bits per heavy atom. The lowest BCUT2D eigenvalue weighted by molar-refractivity contribution is -0.121. The highest BCUT2D eigenvalue weighted by Crippen LogP contribution is 2.33. The van der Waals surface area contributed by atoms with Crippen LogP contribution in [0.3, 0.4) is 0 Å². The molecule has 1 unspecified atom stereocenters. The predicted molar refractivity (Wildman–Crippen MR) is 110 cm³/mol. The number of halogens is 1. The maximum Gasteiger partial charge on any atom is 0.220 e. The summed E-state index contributed by atoms with van der Waals surface area (Å²) >= 11 is 6.21. The van der Waals surface area contributed by atoms with Crippen LogP contribution in [-0.4, -0.2) is 31.2 Å². The fraction of sp³-hybridized carbons (Fsp3) is 0.318. The smallest absolute Gasteiger partial charge is 0.220 e. The maximum atomic E-state index is 12.4. The van der Waals surface area contributed by atoms with E-state index in [0.29, 0.717) is 24.6 Å². The number of hydrogen-bond acceptors (Lipinski definition) is 2. The van der Waals surface area contributed by atoms with E-state index in [1.165, 1.54) is 5.56 Å². The van der Waals surface area contributed by atoms with Crippen LogP contribution in [0.2, 0.25) is 5.02 Å². The van der Waals surface area contributed by atoms with Crippen molar-refractivity contribution >= 4 is 28.4 Å². The van der Waals surface area contributed by atoms with E-state index in [2.05, 4.69) is 22.4 Å². The van der Waals surface area contributed by atoms with Gasteiger partial charge in [-0.15, -0.1) is 0 Å². The van der Waals surface area contributed by atoms with E-state index < -0.39 is 0 Å². The minimum atomic E-state index is 0.0430. The molecule has 4 nitrogen and oxygen atoms in total. The SMILES string of the molecule is COCCNC(=O)CC(CCc1ccccc1)c1c[nH]c2ccc(Cl)cc12. The second-order valence-corrected chi connectivity index (χ2v) is 7.14. The number of methoxy groups -OCH3 is 1. The summed E-state index contributed by atoms with van der Waals surface area (Å²) in [6.07, 6.45) is 4.26. The van der Waals surface area contributed by atoms with Gasteiger partial charge in [0.05, 0.1) is 6.61 Å². The molecule has 5 heteroatoms. The molecule has 0 aliphatic rings. The second-order valence-electron chi connectivity index (χ2n) is 6.70. The number of rotatable bonds is 9. The molecule has 0 saturated carbocycles. The number of fused-ring (bicyclic) bond motifs is 1. The van der Waals surface area contributed by atoms with E-state index >= 15 is 0 Å². The highest BCUT2D eigenvalue weighted by atomic mass is 35.5. The van der Waals surface area contributed by atoms with Crippen LogP contribution < -0.4 is 5.32 Å². The second kappa shape index (κ2) is 9.58. The number of aromatic nitrogens is 1. The van der Waals surface area contributed by atoms with Crippen molar-refractivity contribution in [1.29, 1.82) is 0 Å². The number of amides is 1. The van der Waals surface area contributed by atoms with Crippen molar-refractivity contribution in [3.05, 3.63) is 70.9 Å². The van der Waals surface area contributed by atoms with Gasteiger partial charge in [0, 0.05) is 42.2 Å². The third-order valence-electron chi connectivity index (χ3n) is 4.80. The van der Waals surface area contributed by atoms with Gasteiger partial charge in [0.1, 0.15) is 0 Å². The lowest BCUT2D eigenvalue weighted by Crippen LogP contribution is -2.28. The molecular weight excluding hydrogens is 360 g/mol. The van der Waals surface area contributed by atoms with Crippen molar-refractivity contribution in [3.8, 4) is 0 Å². The van der Waals surface area contributed by atoms with Crippen molar-refractivity contribution in [2.75, 3.05) is 20.3 Å². The van der Waals surface area contributed by atoms with Crippen LogP contribution in [0.15, 0.2) is 54.7 Å². The molecule has 0 bridgehead atoms. The zero-order chi connectivity index (χ0) is 19.1. The first kappa shape index (κ1) is 19.5. The van der Waals surface area contributed by atoms with Gasteiger partial charge in [-0.2, -0.15) is 0 Å². The topological polar surface area (TPSA) is 54.1 Å². The Kier molecular flexibility index (Phi) is 6.91. The van der Waals surface area contributed by atoms with Gasteiger partial charge in [-0.05, 0) is 48.1 Å². The molecule has 1 aromatic heterocycles. The van der Waals surface area contributed by atoms with Crippen LogP contribution in [-0.2, 0) is 16.0 Å². The molecule has 2 N–H and O–H groups in total. The number of benzene rings is 2. The summed E-state index contributed by atoms with van der Waals surface area (Å²) in [6.45, 7) is 1.05. The van der Waals surface area contributed by atoms with Gasteiger partial charge in [0.25, 0.3) is 0 Å². The van der Waals surface area contributed by atoms with Crippen LogP contribution in [0, 0.1) is 0 Å². The first-order valence-electron chi connectivity index (χ1n) is 9.23. The molecule has 3 aromatic rings. The number of carbonyl (C=O) groups is 1. The zero-order valence-electron chi connectivity index (χ0n) is 15.5. The van der Waals surface area contributed by atoms with Crippen LogP contribution in [0.25, 0.3) is 10.9 Å². The molecule has 0 radical (unpaired) electrons. The van der Waals surface area contributed by atoms with E-state index in [9.17, 15) is 4.79 Å². The number of nitrogens with one attached hydrogen (secondary N) is 2. The molecule has 0 spiro atoms. The zero-order valence-corrected chi connectivity index (χ0v) is 16.3. The van der Waals surface area contributed by atoms with Crippen molar-refractivity contribution in [3.63, 3.8) is 0 Å². The van der Waals surface area contributed by atoms with Crippen molar-refractivity contribution < 1.29 is 9.53 Å². The lowest BCUT2D eigenvalue weighted by atomic mass is 9.89. The Bertz CT molecular complexity index is 876. The van der Waals surface area contributed by atoms with E-state index in [0.717, 1.165) is 29.3 Å². The van der Waals surface area contributed by atoms with Crippen LogP contribution in [0.5, 0.6) is 0 Å². The van der Waals surface area contributed by atoms with Gasteiger partial charge in [0.2, 0.25) is 5.91 Å². The fourth-order valence-corrected chi connectivity index (χ4v) is 3.57. The number of H-pyrrole nitrogens is 1. The standard InChI is InChI=1S/C22H25ClN2O2/c1-27-12-11-24-22(26)13-17(8-7-16-5-3-2-4-6-16)20-15-25-21-10-9-18(23)14-19(20)21/h2-6,9-10,14-15,17,25H,7-8,11-13H2,1H3,(H,24,26). The minimum absolute atomic E-state index is 0.0430. The molecular formula is C22H25ClN2O2.